The monoisotopic (exact) mass is 287 g/mol. The summed E-state index contributed by atoms with van der Waals surface area (Å²) < 4.78 is 2.07. The smallest absolute Gasteiger partial charge is 0.307 e. The van der Waals surface area contributed by atoms with Gasteiger partial charge in [-0.25, -0.2) is 4.98 Å². The first kappa shape index (κ1) is 15.3. The fourth-order valence-electron chi connectivity index (χ4n) is 2.25. The maximum atomic E-state index is 10.8. The molecule has 21 heavy (non-hydrogen) atoms. The van der Waals surface area contributed by atoms with Crippen molar-refractivity contribution in [2.45, 2.75) is 32.4 Å². The predicted molar refractivity (Wildman–Crippen MR) is 80.9 cm³/mol. The van der Waals surface area contributed by atoms with Crippen molar-refractivity contribution in [2.75, 3.05) is 6.54 Å². The summed E-state index contributed by atoms with van der Waals surface area (Å²) in [4.78, 5) is 14.8. The summed E-state index contributed by atoms with van der Waals surface area (Å²) in [7, 11) is 0. The second-order valence-electron chi connectivity index (χ2n) is 5.02. The molecule has 2 rings (SSSR count). The lowest BCUT2D eigenvalue weighted by Crippen LogP contribution is -2.17. The Hall–Kier alpha value is -2.14. The van der Waals surface area contributed by atoms with Gasteiger partial charge in [0.2, 0.25) is 0 Å². The van der Waals surface area contributed by atoms with E-state index in [9.17, 15) is 4.79 Å². The van der Waals surface area contributed by atoms with E-state index < -0.39 is 5.97 Å². The third kappa shape index (κ3) is 5.39. The molecule has 0 spiro atoms. The highest BCUT2D eigenvalue weighted by atomic mass is 16.4. The zero-order valence-corrected chi connectivity index (χ0v) is 12.0. The Kier molecular flexibility index (Phi) is 5.97. The highest BCUT2D eigenvalue weighted by Gasteiger charge is 2.05. The number of benzene rings is 1. The van der Waals surface area contributed by atoms with E-state index in [1.165, 1.54) is 0 Å². The quantitative estimate of drug-likeness (QED) is 0.693. The van der Waals surface area contributed by atoms with Gasteiger partial charge in [-0.3, -0.25) is 4.79 Å². The van der Waals surface area contributed by atoms with Crippen molar-refractivity contribution >= 4 is 5.97 Å². The molecule has 2 aromatic rings. The summed E-state index contributed by atoms with van der Waals surface area (Å²) in [5.74, 6) is -0.789. The number of aliphatic carboxylic acids is 1. The molecule has 1 aromatic heterocycles. The number of unbranched alkanes of at least 4 members (excludes halogenated alkanes) is 1. The van der Waals surface area contributed by atoms with Crippen LogP contribution >= 0.6 is 0 Å². The first-order chi connectivity index (χ1) is 10.3. The zero-order chi connectivity index (χ0) is 14.9. The molecule has 0 radical (unpaired) electrons. The van der Waals surface area contributed by atoms with Crippen LogP contribution in [0.25, 0.3) is 0 Å². The van der Waals surface area contributed by atoms with E-state index in [-0.39, 0.29) is 6.42 Å². The van der Waals surface area contributed by atoms with Crippen LogP contribution in [0, 0.1) is 0 Å². The maximum absolute atomic E-state index is 10.8. The topological polar surface area (TPSA) is 67.2 Å². The number of carbonyl (C=O) groups is 1. The fourth-order valence-corrected chi connectivity index (χ4v) is 2.25. The minimum absolute atomic E-state index is 0.0818. The number of carboxylic acid groups (broad SMARTS) is 1. The molecule has 0 aliphatic heterocycles. The first-order valence-electron chi connectivity index (χ1n) is 7.21. The molecular weight excluding hydrogens is 266 g/mol. The third-order valence-corrected chi connectivity index (χ3v) is 3.35. The molecule has 0 saturated carbocycles. The molecule has 112 valence electrons. The molecule has 0 aliphatic carbocycles. The van der Waals surface area contributed by atoms with Crippen molar-refractivity contribution < 1.29 is 9.90 Å². The van der Waals surface area contributed by atoms with E-state index in [0.29, 0.717) is 6.54 Å². The van der Waals surface area contributed by atoms with E-state index in [1.54, 1.807) is 6.20 Å². The number of hydrogen-bond donors (Lipinski definition) is 2. The Bertz CT molecular complexity index is 552. The van der Waals surface area contributed by atoms with E-state index in [1.807, 2.05) is 36.8 Å². The van der Waals surface area contributed by atoms with Crippen molar-refractivity contribution in [3.63, 3.8) is 0 Å². The number of rotatable bonds is 9. The second-order valence-corrected chi connectivity index (χ2v) is 5.02. The standard InChI is InChI=1S/C16H21N3O2/c20-16(21)11-14-5-1-2-6-15(14)12-17-7-3-4-9-19-10-8-18-13-19/h1-2,5-6,8,10,13,17H,3-4,7,9,11-12H2,(H,20,21). The van der Waals surface area contributed by atoms with Gasteiger partial charge < -0.3 is 15.0 Å². The second kappa shape index (κ2) is 8.21. The average molecular weight is 287 g/mol. The number of carboxylic acids is 1. The van der Waals surface area contributed by atoms with Crippen LogP contribution in [0.15, 0.2) is 43.0 Å². The van der Waals surface area contributed by atoms with E-state index in [2.05, 4.69) is 14.9 Å². The van der Waals surface area contributed by atoms with Crippen molar-refractivity contribution in [3.05, 3.63) is 54.1 Å². The van der Waals surface area contributed by atoms with Gasteiger partial charge in [-0.1, -0.05) is 24.3 Å². The normalized spacial score (nSPS) is 10.7. The molecule has 0 bridgehead atoms. The van der Waals surface area contributed by atoms with Gasteiger partial charge in [-0.15, -0.1) is 0 Å². The van der Waals surface area contributed by atoms with Gasteiger partial charge in [-0.2, -0.15) is 0 Å². The van der Waals surface area contributed by atoms with E-state index >= 15 is 0 Å². The van der Waals surface area contributed by atoms with Crippen LogP contribution in [-0.4, -0.2) is 27.2 Å². The molecule has 0 saturated heterocycles. The molecule has 1 heterocycles. The fraction of sp³-hybridized carbons (Fsp3) is 0.375. The molecule has 5 heteroatoms. The van der Waals surface area contributed by atoms with Crippen molar-refractivity contribution in [1.29, 1.82) is 0 Å². The number of nitrogens with one attached hydrogen (secondary N) is 1. The number of imidazole rings is 1. The van der Waals surface area contributed by atoms with Crippen LogP contribution in [-0.2, 0) is 24.3 Å². The Balaban J connectivity index is 1.67. The highest BCUT2D eigenvalue weighted by molar-refractivity contribution is 5.70. The van der Waals surface area contributed by atoms with Gasteiger partial charge in [0.15, 0.2) is 0 Å². The van der Waals surface area contributed by atoms with Crippen LogP contribution in [0.2, 0.25) is 0 Å². The van der Waals surface area contributed by atoms with Gasteiger partial charge in [0, 0.05) is 25.5 Å². The minimum atomic E-state index is -0.789. The van der Waals surface area contributed by atoms with Gasteiger partial charge in [0.1, 0.15) is 0 Å². The van der Waals surface area contributed by atoms with Gasteiger partial charge >= 0.3 is 5.97 Å². The van der Waals surface area contributed by atoms with Gasteiger partial charge in [0.25, 0.3) is 0 Å². The highest BCUT2D eigenvalue weighted by Crippen LogP contribution is 2.09. The van der Waals surface area contributed by atoms with E-state index in [0.717, 1.165) is 37.1 Å². The van der Waals surface area contributed by atoms with Crippen LogP contribution in [0.4, 0.5) is 0 Å². The summed E-state index contributed by atoms with van der Waals surface area (Å²) >= 11 is 0. The molecule has 0 aliphatic rings. The molecule has 2 N–H and O–H groups in total. The lowest BCUT2D eigenvalue weighted by molar-refractivity contribution is -0.136. The Labute approximate surface area is 124 Å². The summed E-state index contributed by atoms with van der Waals surface area (Å²) in [6, 6.07) is 7.69. The van der Waals surface area contributed by atoms with Crippen LogP contribution in [0.1, 0.15) is 24.0 Å². The van der Waals surface area contributed by atoms with Crippen molar-refractivity contribution in [1.82, 2.24) is 14.9 Å². The summed E-state index contributed by atoms with van der Waals surface area (Å²) in [6.07, 6.45) is 7.85. The van der Waals surface area contributed by atoms with Crippen LogP contribution in [0.5, 0.6) is 0 Å². The molecule has 0 unspecified atom stereocenters. The van der Waals surface area contributed by atoms with Crippen molar-refractivity contribution in [3.8, 4) is 0 Å². The first-order valence-corrected chi connectivity index (χ1v) is 7.21. The summed E-state index contributed by atoms with van der Waals surface area (Å²) in [5.41, 5.74) is 1.95. The van der Waals surface area contributed by atoms with Crippen LogP contribution < -0.4 is 5.32 Å². The molecule has 0 fully saturated rings. The van der Waals surface area contributed by atoms with Crippen LogP contribution in [0.3, 0.4) is 0 Å². The van der Waals surface area contributed by atoms with E-state index in [4.69, 9.17) is 5.11 Å². The predicted octanol–water partition coefficient (Wildman–Crippen LogP) is 2.08. The average Bonchev–Trinajstić information content (AvgIpc) is 2.97. The third-order valence-electron chi connectivity index (χ3n) is 3.35. The number of aromatic nitrogens is 2. The minimum Gasteiger partial charge on any atom is -0.481 e. The number of aryl methyl sites for hydroxylation is 1. The number of hydrogen-bond acceptors (Lipinski definition) is 3. The summed E-state index contributed by atoms with van der Waals surface area (Å²) in [5, 5.41) is 12.3. The Morgan fingerprint density at radius 1 is 1.24 bits per heavy atom. The maximum Gasteiger partial charge on any atom is 0.307 e. The Morgan fingerprint density at radius 2 is 2.05 bits per heavy atom. The van der Waals surface area contributed by atoms with Gasteiger partial charge in [-0.05, 0) is 30.5 Å². The zero-order valence-electron chi connectivity index (χ0n) is 12.0. The molecule has 1 aromatic carbocycles. The molecule has 5 nitrogen and oxygen atoms in total. The lowest BCUT2D eigenvalue weighted by atomic mass is 10.0. The number of nitrogens with zero attached hydrogens (tertiary/aromatic N) is 2. The largest absolute Gasteiger partial charge is 0.481 e. The molecular formula is C16H21N3O2. The van der Waals surface area contributed by atoms with Gasteiger partial charge in [0.05, 0.1) is 12.7 Å². The Morgan fingerprint density at radius 3 is 2.76 bits per heavy atom. The molecule has 0 amide bonds. The molecule has 0 atom stereocenters. The SMILES string of the molecule is O=C(O)Cc1ccccc1CNCCCCn1ccnc1. The summed E-state index contributed by atoms with van der Waals surface area (Å²) in [6.45, 7) is 2.63. The van der Waals surface area contributed by atoms with Crippen molar-refractivity contribution in [2.24, 2.45) is 0 Å². The lowest BCUT2D eigenvalue weighted by Gasteiger charge is -2.09.